The van der Waals surface area contributed by atoms with Gasteiger partial charge < -0.3 is 10.2 Å². The molecule has 2 heterocycles. The van der Waals surface area contributed by atoms with Gasteiger partial charge in [-0.2, -0.15) is 13.2 Å². The van der Waals surface area contributed by atoms with Gasteiger partial charge in [0.2, 0.25) is 5.91 Å². The summed E-state index contributed by atoms with van der Waals surface area (Å²) in [4.78, 5) is 18.6. The monoisotopic (exact) mass is 397 g/mol. The molecule has 0 radical (unpaired) electrons. The second-order valence-corrected chi connectivity index (χ2v) is 7.06. The zero-order chi connectivity index (χ0) is 19.8. The molecule has 1 fully saturated rings. The first-order valence-electron chi connectivity index (χ1n) is 8.54. The number of carbonyl (C=O) groups excluding carboxylic acids is 1. The molecule has 2 aromatic rings. The Hall–Kier alpha value is -2.28. The van der Waals surface area contributed by atoms with E-state index in [2.05, 4.69) is 10.3 Å². The molecule has 0 saturated carbocycles. The Morgan fingerprint density at radius 1 is 1.26 bits per heavy atom. The Kier molecular flexibility index (Phi) is 5.33. The predicted octanol–water partition coefficient (Wildman–Crippen LogP) is 4.98. The Bertz CT molecular complexity index is 870. The fraction of sp³-hybridized carbons (Fsp3) is 0.368. The Labute approximate surface area is 160 Å². The summed E-state index contributed by atoms with van der Waals surface area (Å²) in [7, 11) is 0. The van der Waals surface area contributed by atoms with Gasteiger partial charge >= 0.3 is 6.18 Å². The fourth-order valence-electron chi connectivity index (χ4n) is 3.22. The average molecular weight is 398 g/mol. The number of amides is 1. The summed E-state index contributed by atoms with van der Waals surface area (Å²) < 4.78 is 39.3. The van der Waals surface area contributed by atoms with Crippen molar-refractivity contribution in [1.82, 2.24) is 4.98 Å². The molecule has 1 aromatic heterocycles. The molecule has 1 N–H and O–H groups in total. The highest BCUT2D eigenvalue weighted by atomic mass is 35.5. The van der Waals surface area contributed by atoms with Gasteiger partial charge in [0.15, 0.2) is 0 Å². The summed E-state index contributed by atoms with van der Waals surface area (Å²) >= 11 is 5.99. The molecule has 3 rings (SSSR count). The van der Waals surface area contributed by atoms with Gasteiger partial charge in [0.05, 0.1) is 5.56 Å². The number of hydrogen-bond donors (Lipinski definition) is 1. The highest BCUT2D eigenvalue weighted by Gasteiger charge is 2.35. The minimum absolute atomic E-state index is 0.173. The minimum atomic E-state index is -4.46. The van der Waals surface area contributed by atoms with E-state index >= 15 is 0 Å². The van der Waals surface area contributed by atoms with Crippen LogP contribution in [0.1, 0.15) is 29.7 Å². The van der Waals surface area contributed by atoms with E-state index in [0.717, 1.165) is 17.7 Å². The number of nitrogens with zero attached hydrogens (tertiary/aromatic N) is 2. The van der Waals surface area contributed by atoms with E-state index in [1.165, 1.54) is 6.92 Å². The Morgan fingerprint density at radius 3 is 2.67 bits per heavy atom. The van der Waals surface area contributed by atoms with Crippen molar-refractivity contribution in [3.8, 4) is 0 Å². The molecule has 0 aliphatic carbocycles. The van der Waals surface area contributed by atoms with Crippen LogP contribution in [0.25, 0.3) is 0 Å². The van der Waals surface area contributed by atoms with Crippen molar-refractivity contribution >= 4 is 29.0 Å². The number of rotatable bonds is 3. The highest BCUT2D eigenvalue weighted by Crippen LogP contribution is 2.33. The zero-order valence-corrected chi connectivity index (χ0v) is 15.7. The van der Waals surface area contributed by atoms with Crippen molar-refractivity contribution < 1.29 is 18.0 Å². The third-order valence-corrected chi connectivity index (χ3v) is 4.97. The van der Waals surface area contributed by atoms with Crippen LogP contribution in [0.4, 0.5) is 24.7 Å². The van der Waals surface area contributed by atoms with Crippen LogP contribution in [0.2, 0.25) is 5.02 Å². The molecule has 1 saturated heterocycles. The quantitative estimate of drug-likeness (QED) is 0.794. The lowest BCUT2D eigenvalue weighted by molar-refractivity contribution is -0.137. The normalized spacial score (nSPS) is 17.3. The number of pyridine rings is 1. The maximum Gasteiger partial charge on any atom is 0.416 e. The number of hydrogen-bond acceptors (Lipinski definition) is 3. The molecular formula is C19H19ClF3N3O. The molecule has 1 amide bonds. The summed E-state index contributed by atoms with van der Waals surface area (Å²) in [5.41, 5.74) is 0.929. The molecule has 27 heavy (non-hydrogen) atoms. The molecule has 1 aromatic carbocycles. The van der Waals surface area contributed by atoms with Crippen LogP contribution >= 0.6 is 11.6 Å². The van der Waals surface area contributed by atoms with E-state index in [-0.39, 0.29) is 17.4 Å². The van der Waals surface area contributed by atoms with E-state index in [0.29, 0.717) is 30.1 Å². The highest BCUT2D eigenvalue weighted by molar-refractivity contribution is 6.31. The van der Waals surface area contributed by atoms with Gasteiger partial charge in [-0.25, -0.2) is 4.98 Å². The Morgan fingerprint density at radius 2 is 2.00 bits per heavy atom. The van der Waals surface area contributed by atoms with E-state index < -0.39 is 17.8 Å². The summed E-state index contributed by atoms with van der Waals surface area (Å²) in [5.74, 6) is -0.0988. The first-order valence-corrected chi connectivity index (χ1v) is 8.92. The fourth-order valence-corrected chi connectivity index (χ4v) is 3.34. The third kappa shape index (κ3) is 4.35. The standard InChI is InChI=1S/C19H19ClF3N3O/c1-11-8-14(5-6-15(11)20)25-18(27)16-4-3-7-26(16)17-10-13(19(21,22)23)9-12(2)24-17/h5-6,8-10,16H,3-4,7H2,1-2H3,(H,25,27)/t16-/m0/s1. The van der Waals surface area contributed by atoms with Crippen LogP contribution in [0.3, 0.4) is 0 Å². The van der Waals surface area contributed by atoms with E-state index in [9.17, 15) is 18.0 Å². The second-order valence-electron chi connectivity index (χ2n) is 6.66. The lowest BCUT2D eigenvalue weighted by Crippen LogP contribution is -2.40. The van der Waals surface area contributed by atoms with Gasteiger partial charge in [-0.05, 0) is 62.6 Å². The lowest BCUT2D eigenvalue weighted by atomic mass is 10.1. The van der Waals surface area contributed by atoms with E-state index in [4.69, 9.17) is 11.6 Å². The van der Waals surface area contributed by atoms with Gasteiger partial charge in [0, 0.05) is 22.9 Å². The van der Waals surface area contributed by atoms with Gasteiger partial charge in [0.1, 0.15) is 11.9 Å². The number of aryl methyl sites for hydroxylation is 2. The molecule has 0 bridgehead atoms. The molecule has 1 atom stereocenters. The molecule has 1 aliphatic heterocycles. The molecule has 0 unspecified atom stereocenters. The molecule has 8 heteroatoms. The van der Waals surface area contributed by atoms with Crippen molar-refractivity contribution in [2.24, 2.45) is 0 Å². The molecular weight excluding hydrogens is 379 g/mol. The van der Waals surface area contributed by atoms with Crippen LogP contribution in [0.5, 0.6) is 0 Å². The van der Waals surface area contributed by atoms with Crippen molar-refractivity contribution in [3.63, 3.8) is 0 Å². The van der Waals surface area contributed by atoms with Crippen molar-refractivity contribution in [1.29, 1.82) is 0 Å². The van der Waals surface area contributed by atoms with Crippen LogP contribution in [-0.2, 0) is 11.0 Å². The number of alkyl halides is 3. The Balaban J connectivity index is 1.83. The van der Waals surface area contributed by atoms with Crippen molar-refractivity contribution in [2.45, 2.75) is 38.9 Å². The molecule has 144 valence electrons. The summed E-state index contributed by atoms with van der Waals surface area (Å²) in [6.45, 7) is 3.82. The number of benzene rings is 1. The van der Waals surface area contributed by atoms with Gasteiger partial charge in [0.25, 0.3) is 0 Å². The summed E-state index contributed by atoms with van der Waals surface area (Å²) in [6.07, 6.45) is -3.20. The van der Waals surface area contributed by atoms with Crippen molar-refractivity contribution in [3.05, 3.63) is 52.2 Å². The second kappa shape index (κ2) is 7.38. The smallest absolute Gasteiger partial charge is 0.345 e. The maximum absolute atomic E-state index is 13.1. The van der Waals surface area contributed by atoms with Crippen LogP contribution in [0.15, 0.2) is 30.3 Å². The number of carbonyl (C=O) groups is 1. The minimum Gasteiger partial charge on any atom is -0.345 e. The topological polar surface area (TPSA) is 45.2 Å². The van der Waals surface area contributed by atoms with Crippen LogP contribution in [-0.4, -0.2) is 23.5 Å². The first-order chi connectivity index (χ1) is 12.6. The molecule has 0 spiro atoms. The molecule has 1 aliphatic rings. The molecule has 4 nitrogen and oxygen atoms in total. The average Bonchev–Trinajstić information content (AvgIpc) is 3.07. The maximum atomic E-state index is 13.1. The van der Waals surface area contributed by atoms with Crippen molar-refractivity contribution in [2.75, 3.05) is 16.8 Å². The SMILES string of the molecule is Cc1cc(C(F)(F)F)cc(N2CCC[C@H]2C(=O)Nc2ccc(Cl)c(C)c2)n1. The van der Waals surface area contributed by atoms with E-state index in [1.54, 1.807) is 23.1 Å². The van der Waals surface area contributed by atoms with Crippen LogP contribution < -0.4 is 10.2 Å². The summed E-state index contributed by atoms with van der Waals surface area (Å²) in [6, 6.07) is 6.58. The first kappa shape index (κ1) is 19.5. The van der Waals surface area contributed by atoms with Gasteiger partial charge in [-0.3, -0.25) is 4.79 Å². The largest absolute Gasteiger partial charge is 0.416 e. The van der Waals surface area contributed by atoms with Crippen LogP contribution in [0, 0.1) is 13.8 Å². The lowest BCUT2D eigenvalue weighted by Gasteiger charge is -2.26. The zero-order valence-electron chi connectivity index (χ0n) is 14.9. The predicted molar refractivity (Wildman–Crippen MR) is 99.2 cm³/mol. The van der Waals surface area contributed by atoms with Gasteiger partial charge in [-0.15, -0.1) is 0 Å². The number of halogens is 4. The number of anilines is 2. The summed E-state index contributed by atoms with van der Waals surface area (Å²) in [5, 5.41) is 3.42. The third-order valence-electron chi connectivity index (χ3n) is 4.54. The number of nitrogens with one attached hydrogen (secondary N) is 1. The van der Waals surface area contributed by atoms with E-state index in [1.807, 2.05) is 6.92 Å². The van der Waals surface area contributed by atoms with Gasteiger partial charge in [-0.1, -0.05) is 11.6 Å². The number of aromatic nitrogens is 1.